The quantitative estimate of drug-likeness (QED) is 0.539. The Hall–Kier alpha value is -3.14. The molecule has 0 N–H and O–H groups in total. The molecule has 4 heteroatoms. The monoisotopic (exact) mass is 340 g/mol. The number of hydrogen-bond acceptors (Lipinski definition) is 3. The zero-order valence-corrected chi connectivity index (χ0v) is 14.5. The Morgan fingerprint density at radius 1 is 0.885 bits per heavy atom. The molecule has 3 heterocycles. The van der Waals surface area contributed by atoms with E-state index in [-0.39, 0.29) is 0 Å². The van der Waals surface area contributed by atoms with Crippen LogP contribution in [-0.2, 0) is 0 Å². The van der Waals surface area contributed by atoms with E-state index in [0.29, 0.717) is 6.04 Å². The molecule has 1 saturated heterocycles. The first-order valence-corrected chi connectivity index (χ1v) is 9.10. The zero-order chi connectivity index (χ0) is 17.3. The van der Waals surface area contributed by atoms with E-state index in [2.05, 4.69) is 63.5 Å². The Labute approximate surface area is 152 Å². The normalized spacial score (nSPS) is 17.1. The number of anilines is 1. The molecule has 128 valence electrons. The molecule has 2 aromatic carbocycles. The molecule has 0 bridgehead atoms. The summed E-state index contributed by atoms with van der Waals surface area (Å²) >= 11 is 0. The second-order valence-electron chi connectivity index (χ2n) is 6.77. The third kappa shape index (κ3) is 2.54. The van der Waals surface area contributed by atoms with Gasteiger partial charge in [-0.25, -0.2) is 4.68 Å². The average Bonchev–Trinajstić information content (AvgIpc) is 3.36. The van der Waals surface area contributed by atoms with Gasteiger partial charge in [-0.15, -0.1) is 0 Å². The molecule has 0 saturated carbocycles. The maximum absolute atomic E-state index is 4.58. The number of fused-ring (bicyclic) bond motifs is 1. The Morgan fingerprint density at radius 2 is 1.73 bits per heavy atom. The van der Waals surface area contributed by atoms with Crippen molar-refractivity contribution in [1.29, 1.82) is 0 Å². The fourth-order valence-corrected chi connectivity index (χ4v) is 3.99. The van der Waals surface area contributed by atoms with Gasteiger partial charge in [0.05, 0.1) is 23.4 Å². The van der Waals surface area contributed by atoms with Crippen molar-refractivity contribution in [3.63, 3.8) is 0 Å². The molecular weight excluding hydrogens is 320 g/mol. The van der Waals surface area contributed by atoms with Crippen LogP contribution in [0.15, 0.2) is 79.3 Å². The Morgan fingerprint density at radius 3 is 2.58 bits per heavy atom. The lowest BCUT2D eigenvalue weighted by Gasteiger charge is -2.27. The second kappa shape index (κ2) is 6.30. The fourth-order valence-electron chi connectivity index (χ4n) is 3.99. The summed E-state index contributed by atoms with van der Waals surface area (Å²) < 4.78 is 1.97. The average molecular weight is 340 g/mol. The van der Waals surface area contributed by atoms with Crippen LogP contribution in [0.25, 0.3) is 16.6 Å². The Balaban J connectivity index is 1.52. The smallest absolute Gasteiger partial charge is 0.0742 e. The second-order valence-corrected chi connectivity index (χ2v) is 6.77. The van der Waals surface area contributed by atoms with Crippen LogP contribution in [0.4, 0.5) is 5.69 Å². The van der Waals surface area contributed by atoms with Crippen LogP contribution in [0.1, 0.15) is 24.4 Å². The minimum Gasteiger partial charge on any atom is -0.364 e. The summed E-state index contributed by atoms with van der Waals surface area (Å²) in [4.78, 5) is 6.62. The van der Waals surface area contributed by atoms with Gasteiger partial charge < -0.3 is 4.90 Å². The van der Waals surface area contributed by atoms with Crippen molar-refractivity contribution in [2.24, 2.45) is 0 Å². The van der Waals surface area contributed by atoms with Gasteiger partial charge in [0.2, 0.25) is 0 Å². The highest BCUT2D eigenvalue weighted by atomic mass is 15.3. The Bertz CT molecular complexity index is 1020. The summed E-state index contributed by atoms with van der Waals surface area (Å²) in [6, 6.07) is 21.9. The van der Waals surface area contributed by atoms with Crippen molar-refractivity contribution in [2.75, 3.05) is 11.4 Å². The van der Waals surface area contributed by atoms with Crippen LogP contribution in [0, 0.1) is 0 Å². The Kier molecular flexibility index (Phi) is 3.67. The van der Waals surface area contributed by atoms with Crippen molar-refractivity contribution in [1.82, 2.24) is 14.8 Å². The van der Waals surface area contributed by atoms with E-state index >= 15 is 0 Å². The lowest BCUT2D eigenvalue weighted by Crippen LogP contribution is -2.22. The van der Waals surface area contributed by atoms with Crippen molar-refractivity contribution in [3.8, 4) is 5.69 Å². The van der Waals surface area contributed by atoms with E-state index in [4.69, 9.17) is 0 Å². The van der Waals surface area contributed by atoms with Gasteiger partial charge in [-0.1, -0.05) is 30.3 Å². The highest BCUT2D eigenvalue weighted by molar-refractivity contribution is 5.84. The van der Waals surface area contributed by atoms with E-state index < -0.39 is 0 Å². The molecule has 5 rings (SSSR count). The standard InChI is InChI=1S/C22H20N4/c1-2-5-17(6-3-1)21-7-4-14-25(21)20-8-9-22-18(15-20)16-24-26(22)19-10-12-23-13-11-19/h1-3,5-6,8-13,15-16,21H,4,7,14H2. The highest BCUT2D eigenvalue weighted by Gasteiger charge is 2.26. The predicted molar refractivity (Wildman–Crippen MR) is 105 cm³/mol. The molecule has 4 aromatic rings. The van der Waals surface area contributed by atoms with Gasteiger partial charge in [-0.3, -0.25) is 4.98 Å². The van der Waals surface area contributed by atoms with Crippen molar-refractivity contribution in [2.45, 2.75) is 18.9 Å². The van der Waals surface area contributed by atoms with Gasteiger partial charge >= 0.3 is 0 Å². The third-order valence-corrected chi connectivity index (χ3v) is 5.23. The molecule has 2 aromatic heterocycles. The molecular formula is C22H20N4. The van der Waals surface area contributed by atoms with Gasteiger partial charge in [0.15, 0.2) is 0 Å². The number of benzene rings is 2. The largest absolute Gasteiger partial charge is 0.364 e. The molecule has 26 heavy (non-hydrogen) atoms. The molecule has 1 fully saturated rings. The molecule has 1 aliphatic heterocycles. The van der Waals surface area contributed by atoms with Crippen LogP contribution in [0.5, 0.6) is 0 Å². The number of aromatic nitrogens is 3. The molecule has 1 aliphatic rings. The van der Waals surface area contributed by atoms with Gasteiger partial charge in [0, 0.05) is 30.0 Å². The molecule has 4 nitrogen and oxygen atoms in total. The molecule has 1 atom stereocenters. The van der Waals surface area contributed by atoms with Crippen molar-refractivity contribution in [3.05, 3.63) is 84.8 Å². The van der Waals surface area contributed by atoms with Gasteiger partial charge in [-0.05, 0) is 48.7 Å². The zero-order valence-electron chi connectivity index (χ0n) is 14.5. The molecule has 0 radical (unpaired) electrons. The molecule has 0 amide bonds. The van der Waals surface area contributed by atoms with E-state index in [1.54, 1.807) is 12.4 Å². The van der Waals surface area contributed by atoms with E-state index in [1.807, 2.05) is 23.0 Å². The van der Waals surface area contributed by atoms with Crippen LogP contribution >= 0.6 is 0 Å². The number of rotatable bonds is 3. The highest BCUT2D eigenvalue weighted by Crippen LogP contribution is 2.37. The number of hydrogen-bond donors (Lipinski definition) is 0. The summed E-state index contributed by atoms with van der Waals surface area (Å²) in [6.07, 6.45) is 7.98. The first kappa shape index (κ1) is 15.1. The van der Waals surface area contributed by atoms with Crippen LogP contribution in [0.2, 0.25) is 0 Å². The maximum Gasteiger partial charge on any atom is 0.0742 e. The lowest BCUT2D eigenvalue weighted by atomic mass is 10.0. The summed E-state index contributed by atoms with van der Waals surface area (Å²) in [5.41, 5.74) is 4.83. The summed E-state index contributed by atoms with van der Waals surface area (Å²) in [7, 11) is 0. The third-order valence-electron chi connectivity index (χ3n) is 5.23. The molecule has 1 unspecified atom stereocenters. The van der Waals surface area contributed by atoms with Crippen molar-refractivity contribution >= 4 is 16.6 Å². The van der Waals surface area contributed by atoms with Crippen LogP contribution < -0.4 is 4.90 Å². The summed E-state index contributed by atoms with van der Waals surface area (Å²) in [5.74, 6) is 0. The van der Waals surface area contributed by atoms with E-state index in [9.17, 15) is 0 Å². The van der Waals surface area contributed by atoms with Gasteiger partial charge in [0.1, 0.15) is 0 Å². The van der Waals surface area contributed by atoms with E-state index in [0.717, 1.165) is 23.1 Å². The summed E-state index contributed by atoms with van der Waals surface area (Å²) in [6.45, 7) is 1.10. The predicted octanol–water partition coefficient (Wildman–Crippen LogP) is 4.76. The minimum atomic E-state index is 0.462. The van der Waals surface area contributed by atoms with Crippen LogP contribution in [-0.4, -0.2) is 21.3 Å². The maximum atomic E-state index is 4.58. The lowest BCUT2D eigenvalue weighted by molar-refractivity contribution is 0.719. The number of nitrogens with zero attached hydrogens (tertiary/aromatic N) is 4. The van der Waals surface area contributed by atoms with Crippen LogP contribution in [0.3, 0.4) is 0 Å². The van der Waals surface area contributed by atoms with E-state index in [1.165, 1.54) is 24.1 Å². The van der Waals surface area contributed by atoms with Crippen molar-refractivity contribution < 1.29 is 0 Å². The number of pyridine rings is 1. The first-order valence-electron chi connectivity index (χ1n) is 9.10. The topological polar surface area (TPSA) is 34.0 Å². The first-order chi connectivity index (χ1) is 12.9. The molecule has 0 aliphatic carbocycles. The SMILES string of the molecule is c1ccc(C2CCCN2c2ccc3c(cnn3-c3ccncc3)c2)cc1. The minimum absolute atomic E-state index is 0.462. The van der Waals surface area contributed by atoms with Gasteiger partial charge in [0.25, 0.3) is 0 Å². The summed E-state index contributed by atoms with van der Waals surface area (Å²) in [5, 5.41) is 5.75. The molecule has 0 spiro atoms. The fraction of sp³-hybridized carbons (Fsp3) is 0.182. The van der Waals surface area contributed by atoms with Gasteiger partial charge in [-0.2, -0.15) is 5.10 Å².